The Kier molecular flexibility index (Phi) is 4.95. The van der Waals surface area contributed by atoms with E-state index >= 15 is 0 Å². The fourth-order valence-electron chi connectivity index (χ4n) is 3.13. The van der Waals surface area contributed by atoms with Crippen molar-refractivity contribution in [1.29, 1.82) is 0 Å². The van der Waals surface area contributed by atoms with Gasteiger partial charge in [-0.25, -0.2) is 0 Å². The van der Waals surface area contributed by atoms with Crippen molar-refractivity contribution in [2.75, 3.05) is 6.54 Å². The maximum atomic E-state index is 12.5. The molecule has 1 aliphatic carbocycles. The predicted octanol–water partition coefficient (Wildman–Crippen LogP) is 3.57. The minimum atomic E-state index is -0.686. The van der Waals surface area contributed by atoms with Gasteiger partial charge in [0.05, 0.1) is 0 Å². The first kappa shape index (κ1) is 18.6. The van der Waals surface area contributed by atoms with Crippen LogP contribution in [0.4, 0.5) is 0 Å². The third kappa shape index (κ3) is 3.82. The van der Waals surface area contributed by atoms with Gasteiger partial charge in [0, 0.05) is 28.8 Å². The maximum Gasteiger partial charge on any atom is 0.251 e. The molecule has 1 aliphatic rings. The molecule has 0 saturated carbocycles. The van der Waals surface area contributed by atoms with Crippen molar-refractivity contribution in [1.82, 2.24) is 5.32 Å². The molecule has 5 heteroatoms. The van der Waals surface area contributed by atoms with E-state index in [1.54, 1.807) is 42.5 Å². The second-order valence-electron chi connectivity index (χ2n) is 7.42. The van der Waals surface area contributed by atoms with Crippen LogP contribution >= 0.6 is 0 Å². The third-order valence-corrected chi connectivity index (χ3v) is 4.61. The van der Waals surface area contributed by atoms with E-state index in [1.165, 1.54) is 6.07 Å². The number of amides is 1. The zero-order valence-electron chi connectivity index (χ0n) is 15.3. The Hall–Kier alpha value is -3.21. The number of aliphatic hydroxyl groups excluding tert-OH is 1. The summed E-state index contributed by atoms with van der Waals surface area (Å²) in [7, 11) is 0. The van der Waals surface area contributed by atoms with Crippen LogP contribution in [0.2, 0.25) is 0 Å². The van der Waals surface area contributed by atoms with Crippen LogP contribution in [0.5, 0.6) is 0 Å². The molecule has 0 aromatic heterocycles. The van der Waals surface area contributed by atoms with Crippen LogP contribution < -0.4 is 5.32 Å². The van der Waals surface area contributed by atoms with Crippen molar-refractivity contribution in [2.24, 2.45) is 5.41 Å². The standard InChI is InChI=1S/C22H21NO4/c1-22(2,13-23-21(27)14-8-4-3-5-9-14)12-17-18(24)15-10-6-7-11-16(15)19(25)20(17)26/h3-11,24H,12-13H2,1-2H3,(H,23,27). The van der Waals surface area contributed by atoms with Crippen LogP contribution in [-0.2, 0) is 4.79 Å². The minimum Gasteiger partial charge on any atom is -0.507 e. The molecular weight excluding hydrogens is 342 g/mol. The number of rotatable bonds is 5. The van der Waals surface area contributed by atoms with Crippen LogP contribution in [0.25, 0.3) is 5.76 Å². The first-order chi connectivity index (χ1) is 12.8. The molecule has 0 spiro atoms. The van der Waals surface area contributed by atoms with Gasteiger partial charge in [-0.15, -0.1) is 0 Å². The molecule has 27 heavy (non-hydrogen) atoms. The Labute approximate surface area is 157 Å². The summed E-state index contributed by atoms with van der Waals surface area (Å²) in [5, 5.41) is 13.4. The Morgan fingerprint density at radius 3 is 2.19 bits per heavy atom. The van der Waals surface area contributed by atoms with Crippen LogP contribution in [-0.4, -0.2) is 29.1 Å². The van der Waals surface area contributed by atoms with Crippen molar-refractivity contribution in [3.05, 3.63) is 76.9 Å². The molecule has 1 amide bonds. The fourth-order valence-corrected chi connectivity index (χ4v) is 3.13. The number of Topliss-reactive ketones (excluding diaryl/α,β-unsaturated/α-hetero) is 2. The number of carbonyl (C=O) groups excluding carboxylic acids is 3. The summed E-state index contributed by atoms with van der Waals surface area (Å²) < 4.78 is 0. The van der Waals surface area contributed by atoms with Crippen LogP contribution in [0.3, 0.4) is 0 Å². The highest BCUT2D eigenvalue weighted by atomic mass is 16.3. The minimum absolute atomic E-state index is 0.0951. The molecule has 3 rings (SSSR count). The monoisotopic (exact) mass is 363 g/mol. The lowest BCUT2D eigenvalue weighted by Gasteiger charge is -2.28. The largest absolute Gasteiger partial charge is 0.507 e. The van der Waals surface area contributed by atoms with Crippen molar-refractivity contribution < 1.29 is 19.5 Å². The van der Waals surface area contributed by atoms with Crippen LogP contribution in [0.15, 0.2) is 60.2 Å². The van der Waals surface area contributed by atoms with E-state index in [2.05, 4.69) is 5.32 Å². The average molecular weight is 363 g/mol. The van der Waals surface area contributed by atoms with E-state index in [9.17, 15) is 19.5 Å². The number of carbonyl (C=O) groups is 3. The molecule has 0 saturated heterocycles. The summed E-state index contributed by atoms with van der Waals surface area (Å²) in [6, 6.07) is 15.4. The molecule has 0 atom stereocenters. The Morgan fingerprint density at radius 1 is 0.926 bits per heavy atom. The van der Waals surface area contributed by atoms with Gasteiger partial charge in [-0.2, -0.15) is 0 Å². The lowest BCUT2D eigenvalue weighted by atomic mass is 9.79. The molecule has 0 aliphatic heterocycles. The summed E-state index contributed by atoms with van der Waals surface area (Å²) in [6.45, 7) is 4.04. The van der Waals surface area contributed by atoms with Crippen LogP contribution in [0.1, 0.15) is 46.5 Å². The molecule has 0 radical (unpaired) electrons. The van der Waals surface area contributed by atoms with Crippen molar-refractivity contribution in [3.63, 3.8) is 0 Å². The van der Waals surface area contributed by atoms with Crippen molar-refractivity contribution in [3.8, 4) is 0 Å². The van der Waals surface area contributed by atoms with Gasteiger partial charge in [0.2, 0.25) is 11.6 Å². The number of aliphatic hydroxyl groups is 1. The van der Waals surface area contributed by atoms with E-state index in [-0.39, 0.29) is 29.2 Å². The number of benzene rings is 2. The summed E-state index contributed by atoms with van der Waals surface area (Å²) in [5.74, 6) is -1.66. The zero-order chi connectivity index (χ0) is 19.6. The highest BCUT2D eigenvalue weighted by molar-refractivity contribution is 6.52. The summed E-state index contributed by atoms with van der Waals surface area (Å²) in [4.78, 5) is 37.1. The quantitative estimate of drug-likeness (QED) is 0.796. The Bertz CT molecular complexity index is 942. The first-order valence-corrected chi connectivity index (χ1v) is 8.74. The van der Waals surface area contributed by atoms with Gasteiger partial charge in [0.15, 0.2) is 0 Å². The predicted molar refractivity (Wildman–Crippen MR) is 103 cm³/mol. The van der Waals surface area contributed by atoms with Crippen LogP contribution in [0, 0.1) is 5.41 Å². The van der Waals surface area contributed by atoms with E-state index < -0.39 is 17.0 Å². The molecule has 5 nitrogen and oxygen atoms in total. The van der Waals surface area contributed by atoms with Gasteiger partial charge in [0.25, 0.3) is 5.91 Å². The number of hydrogen-bond donors (Lipinski definition) is 2. The van der Waals surface area contributed by atoms with E-state index in [4.69, 9.17) is 0 Å². The van der Waals surface area contributed by atoms with Gasteiger partial charge < -0.3 is 10.4 Å². The lowest BCUT2D eigenvalue weighted by molar-refractivity contribution is -0.112. The second kappa shape index (κ2) is 7.19. The lowest BCUT2D eigenvalue weighted by Crippen LogP contribution is -2.36. The van der Waals surface area contributed by atoms with Gasteiger partial charge in [-0.3, -0.25) is 14.4 Å². The summed E-state index contributed by atoms with van der Waals surface area (Å²) in [5.41, 5.74) is 0.710. The Morgan fingerprint density at radius 2 is 1.52 bits per heavy atom. The number of fused-ring (bicyclic) bond motifs is 1. The maximum absolute atomic E-state index is 12.5. The molecule has 0 fully saturated rings. The molecule has 2 aromatic carbocycles. The van der Waals surface area contributed by atoms with Crippen molar-refractivity contribution >= 4 is 23.2 Å². The summed E-state index contributed by atoms with van der Waals surface area (Å²) in [6.07, 6.45) is 0.173. The fraction of sp³-hybridized carbons (Fsp3) is 0.227. The normalized spacial score (nSPS) is 14.1. The van der Waals surface area contributed by atoms with E-state index in [0.29, 0.717) is 17.7 Å². The molecule has 0 unspecified atom stereocenters. The van der Waals surface area contributed by atoms with Gasteiger partial charge in [-0.1, -0.05) is 56.3 Å². The van der Waals surface area contributed by atoms with E-state index in [0.717, 1.165) is 0 Å². The topological polar surface area (TPSA) is 83.5 Å². The van der Waals surface area contributed by atoms with Gasteiger partial charge >= 0.3 is 0 Å². The second-order valence-corrected chi connectivity index (χ2v) is 7.42. The molecule has 0 heterocycles. The SMILES string of the molecule is CC(C)(CNC(=O)c1ccccc1)CC1=C(O)c2ccccc2C(=O)C1=O. The number of allylic oxidation sites excluding steroid dienone is 1. The van der Waals surface area contributed by atoms with E-state index in [1.807, 2.05) is 19.9 Å². The zero-order valence-corrected chi connectivity index (χ0v) is 15.3. The molecule has 2 N–H and O–H groups in total. The first-order valence-electron chi connectivity index (χ1n) is 8.74. The Balaban J connectivity index is 1.78. The molecule has 0 bridgehead atoms. The molecular formula is C22H21NO4. The highest BCUT2D eigenvalue weighted by Crippen LogP contribution is 2.34. The number of ketones is 2. The summed E-state index contributed by atoms with van der Waals surface area (Å²) >= 11 is 0. The van der Waals surface area contributed by atoms with Gasteiger partial charge in [-0.05, 0) is 24.0 Å². The number of nitrogens with one attached hydrogen (secondary N) is 1. The average Bonchev–Trinajstić information content (AvgIpc) is 2.68. The number of hydrogen-bond acceptors (Lipinski definition) is 4. The highest BCUT2D eigenvalue weighted by Gasteiger charge is 2.35. The smallest absolute Gasteiger partial charge is 0.251 e. The molecule has 138 valence electrons. The van der Waals surface area contributed by atoms with Crippen molar-refractivity contribution in [2.45, 2.75) is 20.3 Å². The molecule has 2 aromatic rings. The van der Waals surface area contributed by atoms with Gasteiger partial charge in [0.1, 0.15) is 5.76 Å². The third-order valence-electron chi connectivity index (χ3n) is 4.61.